The quantitative estimate of drug-likeness (QED) is 0.751. The van der Waals surface area contributed by atoms with Gasteiger partial charge in [-0.1, -0.05) is 0 Å². The van der Waals surface area contributed by atoms with Crippen molar-refractivity contribution in [2.75, 3.05) is 6.54 Å². The highest BCUT2D eigenvalue weighted by Crippen LogP contribution is 2.21. The summed E-state index contributed by atoms with van der Waals surface area (Å²) in [7, 11) is 0. The first kappa shape index (κ1) is 16.3. The fourth-order valence-corrected chi connectivity index (χ4v) is 2.61. The van der Waals surface area contributed by atoms with Crippen molar-refractivity contribution in [3.05, 3.63) is 46.5 Å². The lowest BCUT2D eigenvalue weighted by Crippen LogP contribution is -2.48. The number of aliphatic hydroxyl groups is 1. The standard InChI is InChI=1S/C15H18N2O4S/c1-10(17-14(19)12-4-3-6-21-12)13(18)16-9-15(2,20)11-5-7-22-8-11/h3-8,10,20H,9H2,1-2H3,(H,16,18)(H,17,19). The van der Waals surface area contributed by atoms with Gasteiger partial charge in [-0.05, 0) is 48.4 Å². The molecule has 0 aliphatic heterocycles. The topological polar surface area (TPSA) is 91.6 Å². The smallest absolute Gasteiger partial charge is 0.287 e. The normalized spacial score (nSPS) is 14.9. The Morgan fingerprint density at radius 2 is 2.23 bits per heavy atom. The van der Waals surface area contributed by atoms with Gasteiger partial charge in [-0.3, -0.25) is 9.59 Å². The van der Waals surface area contributed by atoms with Crippen LogP contribution in [0, 0.1) is 0 Å². The van der Waals surface area contributed by atoms with E-state index in [1.165, 1.54) is 23.7 Å². The van der Waals surface area contributed by atoms with E-state index in [0.717, 1.165) is 5.56 Å². The highest BCUT2D eigenvalue weighted by molar-refractivity contribution is 7.08. The summed E-state index contributed by atoms with van der Waals surface area (Å²) >= 11 is 1.47. The van der Waals surface area contributed by atoms with E-state index >= 15 is 0 Å². The minimum atomic E-state index is -1.15. The van der Waals surface area contributed by atoms with Crippen molar-refractivity contribution in [2.24, 2.45) is 0 Å². The molecule has 0 spiro atoms. The van der Waals surface area contributed by atoms with Gasteiger partial charge in [0.1, 0.15) is 11.6 Å². The van der Waals surface area contributed by atoms with Crippen molar-refractivity contribution in [1.29, 1.82) is 0 Å². The Morgan fingerprint density at radius 3 is 2.82 bits per heavy atom. The average molecular weight is 322 g/mol. The predicted molar refractivity (Wildman–Crippen MR) is 82.5 cm³/mol. The second kappa shape index (κ2) is 6.76. The Bertz CT molecular complexity index is 620. The summed E-state index contributed by atoms with van der Waals surface area (Å²) in [6, 6.07) is 4.17. The van der Waals surface area contributed by atoms with Crippen molar-refractivity contribution < 1.29 is 19.1 Å². The first-order valence-electron chi connectivity index (χ1n) is 6.77. The number of thiophene rings is 1. The van der Waals surface area contributed by atoms with Gasteiger partial charge < -0.3 is 20.2 Å². The molecular formula is C15H18N2O4S. The van der Waals surface area contributed by atoms with Crippen LogP contribution >= 0.6 is 11.3 Å². The monoisotopic (exact) mass is 322 g/mol. The van der Waals surface area contributed by atoms with Gasteiger partial charge in [0.2, 0.25) is 5.91 Å². The molecule has 0 aliphatic carbocycles. The number of furan rings is 1. The fourth-order valence-electron chi connectivity index (χ4n) is 1.83. The molecule has 2 unspecified atom stereocenters. The van der Waals surface area contributed by atoms with Crippen LogP contribution < -0.4 is 10.6 Å². The van der Waals surface area contributed by atoms with Crippen molar-refractivity contribution >= 4 is 23.2 Å². The van der Waals surface area contributed by atoms with E-state index in [2.05, 4.69) is 10.6 Å². The summed E-state index contributed by atoms with van der Waals surface area (Å²) in [5.41, 5.74) is -0.412. The highest BCUT2D eigenvalue weighted by atomic mass is 32.1. The van der Waals surface area contributed by atoms with Crippen LogP contribution in [0.2, 0.25) is 0 Å². The maximum atomic E-state index is 12.0. The minimum absolute atomic E-state index is 0.0591. The lowest BCUT2D eigenvalue weighted by atomic mass is 9.99. The second-order valence-electron chi connectivity index (χ2n) is 5.18. The molecule has 2 atom stereocenters. The number of amides is 2. The second-order valence-corrected chi connectivity index (χ2v) is 5.96. The van der Waals surface area contributed by atoms with Gasteiger partial charge >= 0.3 is 0 Å². The first-order valence-corrected chi connectivity index (χ1v) is 7.71. The molecular weight excluding hydrogens is 304 g/mol. The molecule has 0 bridgehead atoms. The van der Waals surface area contributed by atoms with Gasteiger partial charge in [0.05, 0.1) is 12.8 Å². The number of rotatable bonds is 6. The molecule has 2 heterocycles. The molecule has 0 saturated carbocycles. The van der Waals surface area contributed by atoms with Crippen molar-refractivity contribution in [3.63, 3.8) is 0 Å². The molecule has 0 aliphatic rings. The molecule has 3 N–H and O–H groups in total. The van der Waals surface area contributed by atoms with Gasteiger partial charge in [-0.25, -0.2) is 0 Å². The molecule has 0 radical (unpaired) electrons. The van der Waals surface area contributed by atoms with Crippen molar-refractivity contribution in [2.45, 2.75) is 25.5 Å². The van der Waals surface area contributed by atoms with Crippen LogP contribution in [-0.4, -0.2) is 29.5 Å². The maximum absolute atomic E-state index is 12.0. The highest BCUT2D eigenvalue weighted by Gasteiger charge is 2.26. The van der Waals surface area contributed by atoms with Gasteiger partial charge in [0, 0.05) is 0 Å². The molecule has 0 fully saturated rings. The van der Waals surface area contributed by atoms with E-state index in [9.17, 15) is 14.7 Å². The molecule has 0 saturated heterocycles. The third kappa shape index (κ3) is 3.96. The largest absolute Gasteiger partial charge is 0.459 e. The van der Waals surface area contributed by atoms with Crippen LogP contribution in [0.4, 0.5) is 0 Å². The zero-order chi connectivity index (χ0) is 16.2. The maximum Gasteiger partial charge on any atom is 0.287 e. The van der Waals surface area contributed by atoms with Crippen LogP contribution in [0.1, 0.15) is 30.0 Å². The van der Waals surface area contributed by atoms with E-state index in [1.54, 1.807) is 26.0 Å². The summed E-state index contributed by atoms with van der Waals surface area (Å²) < 4.78 is 4.96. The van der Waals surface area contributed by atoms with Gasteiger partial charge in [0.25, 0.3) is 5.91 Å². The Labute approximate surface area is 132 Å². The van der Waals surface area contributed by atoms with Gasteiger partial charge in [-0.15, -0.1) is 0 Å². The summed E-state index contributed by atoms with van der Waals surface area (Å²) in [6.07, 6.45) is 1.39. The molecule has 2 aromatic rings. The van der Waals surface area contributed by atoms with E-state index in [0.29, 0.717) is 0 Å². The third-order valence-corrected chi connectivity index (χ3v) is 3.92. The Balaban J connectivity index is 1.85. The Hall–Kier alpha value is -2.12. The van der Waals surface area contributed by atoms with Crippen molar-refractivity contribution in [1.82, 2.24) is 10.6 Å². The van der Waals surface area contributed by atoms with Gasteiger partial charge in [0.15, 0.2) is 5.76 Å². The third-order valence-electron chi connectivity index (χ3n) is 3.24. The molecule has 0 aromatic carbocycles. The number of nitrogens with one attached hydrogen (secondary N) is 2. The lowest BCUT2D eigenvalue weighted by molar-refractivity contribution is -0.123. The first-order chi connectivity index (χ1) is 10.4. The molecule has 6 nitrogen and oxygen atoms in total. The Kier molecular flexibility index (Phi) is 4.99. The average Bonchev–Trinajstić information content (AvgIpc) is 3.16. The van der Waals surface area contributed by atoms with Crippen LogP contribution in [0.5, 0.6) is 0 Å². The lowest BCUT2D eigenvalue weighted by Gasteiger charge is -2.24. The van der Waals surface area contributed by atoms with E-state index in [4.69, 9.17) is 4.42 Å². The van der Waals surface area contributed by atoms with Crippen LogP contribution in [0.3, 0.4) is 0 Å². The molecule has 2 aromatic heterocycles. The molecule has 7 heteroatoms. The Morgan fingerprint density at radius 1 is 1.45 bits per heavy atom. The van der Waals surface area contributed by atoms with Crippen LogP contribution in [0.25, 0.3) is 0 Å². The molecule has 22 heavy (non-hydrogen) atoms. The molecule has 2 amide bonds. The predicted octanol–water partition coefficient (Wildman–Crippen LogP) is 1.48. The zero-order valence-corrected chi connectivity index (χ0v) is 13.1. The summed E-state index contributed by atoms with van der Waals surface area (Å²) in [4.78, 5) is 23.8. The zero-order valence-electron chi connectivity index (χ0n) is 12.3. The van der Waals surface area contributed by atoms with E-state index < -0.39 is 17.6 Å². The van der Waals surface area contributed by atoms with E-state index in [1.807, 2.05) is 10.8 Å². The van der Waals surface area contributed by atoms with Crippen molar-refractivity contribution in [3.8, 4) is 0 Å². The molecule has 2 rings (SSSR count). The van der Waals surface area contributed by atoms with Crippen LogP contribution in [-0.2, 0) is 10.4 Å². The fraction of sp³-hybridized carbons (Fsp3) is 0.333. The number of hydrogen-bond acceptors (Lipinski definition) is 5. The number of carbonyl (C=O) groups is 2. The minimum Gasteiger partial charge on any atom is -0.459 e. The van der Waals surface area contributed by atoms with Crippen LogP contribution in [0.15, 0.2) is 39.6 Å². The van der Waals surface area contributed by atoms with Gasteiger partial charge in [-0.2, -0.15) is 11.3 Å². The summed E-state index contributed by atoms with van der Waals surface area (Å²) in [5.74, 6) is -0.697. The summed E-state index contributed by atoms with van der Waals surface area (Å²) in [5, 5.41) is 19.2. The number of hydrogen-bond donors (Lipinski definition) is 3. The molecule has 118 valence electrons. The summed E-state index contributed by atoms with van der Waals surface area (Å²) in [6.45, 7) is 3.25. The SMILES string of the molecule is CC(NC(=O)c1ccco1)C(=O)NCC(C)(O)c1ccsc1. The number of carbonyl (C=O) groups excluding carboxylic acids is 2. The van der Waals surface area contributed by atoms with E-state index in [-0.39, 0.29) is 18.2 Å².